The van der Waals surface area contributed by atoms with Crippen LogP contribution in [-0.2, 0) is 14.8 Å². The lowest BCUT2D eigenvalue weighted by molar-refractivity contribution is -0.120. The highest BCUT2D eigenvalue weighted by Gasteiger charge is 2.28. The van der Waals surface area contributed by atoms with Crippen LogP contribution in [0, 0.1) is 6.92 Å². The Kier molecular flexibility index (Phi) is 8.69. The number of nitrogens with zero attached hydrogens (tertiary/aromatic N) is 1. The minimum absolute atomic E-state index is 0.122. The maximum Gasteiger partial charge on any atom is 0.264 e. The number of anilines is 1. The lowest BCUT2D eigenvalue weighted by atomic mass is 10.1. The molecule has 0 saturated carbocycles. The zero-order valence-electron chi connectivity index (χ0n) is 20.4. The molecule has 0 bridgehead atoms. The van der Waals surface area contributed by atoms with Gasteiger partial charge in [0.05, 0.1) is 30.8 Å². The molecule has 9 heteroatoms. The molecular formula is C26H30N2O5S2. The van der Waals surface area contributed by atoms with Gasteiger partial charge in [0.25, 0.3) is 10.0 Å². The molecule has 0 spiro atoms. The van der Waals surface area contributed by atoms with Crippen LogP contribution in [0.15, 0.2) is 76.5 Å². The fraction of sp³-hybridized carbons (Fsp3) is 0.269. The number of nitrogens with one attached hydrogen (secondary N) is 1. The Bertz CT molecular complexity index is 1260. The summed E-state index contributed by atoms with van der Waals surface area (Å²) in [4.78, 5) is 14.1. The van der Waals surface area contributed by atoms with Gasteiger partial charge in [-0.25, -0.2) is 8.42 Å². The van der Waals surface area contributed by atoms with E-state index in [2.05, 4.69) is 5.32 Å². The van der Waals surface area contributed by atoms with Gasteiger partial charge in [0.15, 0.2) is 11.5 Å². The van der Waals surface area contributed by atoms with Gasteiger partial charge in [0, 0.05) is 4.90 Å². The van der Waals surface area contributed by atoms with E-state index in [1.54, 1.807) is 62.8 Å². The van der Waals surface area contributed by atoms with Crippen molar-refractivity contribution in [3.63, 3.8) is 0 Å². The highest BCUT2D eigenvalue weighted by molar-refractivity contribution is 7.98. The monoisotopic (exact) mass is 514 g/mol. The Morgan fingerprint density at radius 2 is 1.60 bits per heavy atom. The number of sulfonamides is 1. The van der Waals surface area contributed by atoms with Gasteiger partial charge < -0.3 is 14.8 Å². The third-order valence-electron chi connectivity index (χ3n) is 5.54. The Morgan fingerprint density at radius 1 is 0.971 bits per heavy atom. The molecule has 3 aromatic rings. The number of amides is 1. The van der Waals surface area contributed by atoms with Gasteiger partial charge in [-0.05, 0) is 74.2 Å². The molecule has 0 heterocycles. The van der Waals surface area contributed by atoms with Crippen molar-refractivity contribution < 1.29 is 22.7 Å². The molecule has 0 aromatic heterocycles. The number of benzene rings is 3. The molecule has 1 N–H and O–H groups in total. The summed E-state index contributed by atoms with van der Waals surface area (Å²) in [6, 6.07) is 18.7. The van der Waals surface area contributed by atoms with E-state index in [9.17, 15) is 13.2 Å². The molecule has 3 rings (SSSR count). The van der Waals surface area contributed by atoms with E-state index < -0.39 is 15.9 Å². The predicted octanol–water partition coefficient (Wildman–Crippen LogP) is 4.81. The number of hydrogen-bond acceptors (Lipinski definition) is 6. The number of ether oxygens (including phenoxy) is 2. The lowest BCUT2D eigenvalue weighted by Crippen LogP contribution is -2.41. The summed E-state index contributed by atoms with van der Waals surface area (Å²) in [5.41, 5.74) is 2.20. The second kappa shape index (κ2) is 11.5. The first-order valence-electron chi connectivity index (χ1n) is 10.9. The summed E-state index contributed by atoms with van der Waals surface area (Å²) in [5, 5.41) is 2.89. The Balaban J connectivity index is 1.87. The average Bonchev–Trinajstić information content (AvgIpc) is 2.87. The maximum atomic E-state index is 13.6. The number of carbonyl (C=O) groups is 1. The molecule has 0 aliphatic heterocycles. The number of hydrogen-bond donors (Lipinski definition) is 1. The van der Waals surface area contributed by atoms with Crippen molar-refractivity contribution in [2.24, 2.45) is 0 Å². The minimum atomic E-state index is -3.98. The van der Waals surface area contributed by atoms with Crippen LogP contribution in [-0.4, -0.2) is 41.3 Å². The quantitative estimate of drug-likeness (QED) is 0.391. The van der Waals surface area contributed by atoms with Crippen LogP contribution in [0.5, 0.6) is 11.5 Å². The molecule has 0 fully saturated rings. The smallest absolute Gasteiger partial charge is 0.264 e. The van der Waals surface area contributed by atoms with E-state index in [0.29, 0.717) is 17.2 Å². The van der Waals surface area contributed by atoms with Crippen LogP contribution < -0.4 is 19.1 Å². The van der Waals surface area contributed by atoms with Crippen molar-refractivity contribution in [3.05, 3.63) is 77.9 Å². The van der Waals surface area contributed by atoms with Gasteiger partial charge in [0.2, 0.25) is 5.91 Å². The molecule has 186 valence electrons. The topological polar surface area (TPSA) is 84.9 Å². The lowest BCUT2D eigenvalue weighted by Gasteiger charge is -2.25. The Morgan fingerprint density at radius 3 is 2.17 bits per heavy atom. The molecule has 1 atom stereocenters. The van der Waals surface area contributed by atoms with Crippen LogP contribution in [0.25, 0.3) is 0 Å². The number of carbonyl (C=O) groups excluding carboxylic acids is 1. The highest BCUT2D eigenvalue weighted by atomic mass is 32.2. The summed E-state index contributed by atoms with van der Waals surface area (Å²) in [6.45, 7) is 3.37. The standard InChI is InChI=1S/C26H30N2O5S2/c1-18-6-9-21(10-7-18)28(35(30,31)23-13-11-22(34-5)12-14-23)17-26(29)27-19(2)20-8-15-24(32-3)25(16-20)33-4/h6-16,19H,17H2,1-5H3,(H,27,29)/t19-/m0/s1. The number of aryl methyl sites for hydroxylation is 1. The van der Waals surface area contributed by atoms with Crippen LogP contribution >= 0.6 is 11.8 Å². The third kappa shape index (κ3) is 6.29. The first-order valence-corrected chi connectivity index (χ1v) is 13.6. The molecule has 3 aromatic carbocycles. The van der Waals surface area contributed by atoms with E-state index in [4.69, 9.17) is 9.47 Å². The van der Waals surface area contributed by atoms with Gasteiger partial charge in [-0.1, -0.05) is 23.8 Å². The minimum Gasteiger partial charge on any atom is -0.493 e. The first-order chi connectivity index (χ1) is 16.7. The SMILES string of the molecule is COc1ccc([C@H](C)NC(=O)CN(c2ccc(C)cc2)S(=O)(=O)c2ccc(SC)cc2)cc1OC. The molecule has 0 aliphatic carbocycles. The fourth-order valence-electron chi connectivity index (χ4n) is 3.52. The second-order valence-electron chi connectivity index (χ2n) is 7.93. The summed E-state index contributed by atoms with van der Waals surface area (Å²) in [5.74, 6) is 0.694. The molecule has 0 radical (unpaired) electrons. The summed E-state index contributed by atoms with van der Waals surface area (Å²) in [7, 11) is -0.885. The Labute approximate surface area is 211 Å². The number of thioether (sulfide) groups is 1. The largest absolute Gasteiger partial charge is 0.493 e. The first kappa shape index (κ1) is 26.4. The van der Waals surface area contributed by atoms with Gasteiger partial charge in [0.1, 0.15) is 6.54 Å². The van der Waals surface area contributed by atoms with Gasteiger partial charge in [-0.15, -0.1) is 11.8 Å². The van der Waals surface area contributed by atoms with Crippen molar-refractivity contribution in [1.82, 2.24) is 5.32 Å². The highest BCUT2D eigenvalue weighted by Crippen LogP contribution is 2.30. The van der Waals surface area contributed by atoms with Crippen LogP contribution in [0.2, 0.25) is 0 Å². The van der Waals surface area contributed by atoms with E-state index >= 15 is 0 Å². The summed E-state index contributed by atoms with van der Waals surface area (Å²) < 4.78 is 38.9. The molecule has 0 saturated heterocycles. The zero-order chi connectivity index (χ0) is 25.6. The van der Waals surface area contributed by atoms with E-state index in [1.807, 2.05) is 38.3 Å². The van der Waals surface area contributed by atoms with Crippen molar-refractivity contribution >= 4 is 33.4 Å². The molecule has 7 nitrogen and oxygen atoms in total. The van der Waals surface area contributed by atoms with Crippen LogP contribution in [0.1, 0.15) is 24.1 Å². The van der Waals surface area contributed by atoms with Crippen molar-refractivity contribution in [2.75, 3.05) is 31.3 Å². The van der Waals surface area contributed by atoms with Crippen molar-refractivity contribution in [2.45, 2.75) is 29.7 Å². The zero-order valence-corrected chi connectivity index (χ0v) is 22.1. The van der Waals surface area contributed by atoms with E-state index in [-0.39, 0.29) is 17.5 Å². The molecular weight excluding hydrogens is 484 g/mol. The van der Waals surface area contributed by atoms with E-state index in [1.165, 1.54) is 11.8 Å². The van der Waals surface area contributed by atoms with Gasteiger partial charge >= 0.3 is 0 Å². The summed E-state index contributed by atoms with van der Waals surface area (Å²) in [6.07, 6.45) is 1.92. The van der Waals surface area contributed by atoms with Gasteiger partial charge in [-0.3, -0.25) is 9.10 Å². The van der Waals surface area contributed by atoms with Crippen LogP contribution in [0.3, 0.4) is 0 Å². The maximum absolute atomic E-state index is 13.6. The molecule has 35 heavy (non-hydrogen) atoms. The third-order valence-corrected chi connectivity index (χ3v) is 8.07. The summed E-state index contributed by atoms with van der Waals surface area (Å²) >= 11 is 1.53. The normalized spacial score (nSPS) is 12.0. The van der Waals surface area contributed by atoms with Crippen molar-refractivity contribution in [3.8, 4) is 11.5 Å². The van der Waals surface area contributed by atoms with Crippen LogP contribution in [0.4, 0.5) is 5.69 Å². The average molecular weight is 515 g/mol. The number of methoxy groups -OCH3 is 2. The van der Waals surface area contributed by atoms with Crippen molar-refractivity contribution in [1.29, 1.82) is 0 Å². The second-order valence-corrected chi connectivity index (χ2v) is 10.7. The van der Waals surface area contributed by atoms with E-state index in [0.717, 1.165) is 20.3 Å². The number of rotatable bonds is 10. The Hall–Kier alpha value is -3.17. The fourth-order valence-corrected chi connectivity index (χ4v) is 5.35. The molecule has 0 aliphatic rings. The molecule has 1 amide bonds. The molecule has 0 unspecified atom stereocenters. The van der Waals surface area contributed by atoms with Gasteiger partial charge in [-0.2, -0.15) is 0 Å². The predicted molar refractivity (Wildman–Crippen MR) is 140 cm³/mol.